The Morgan fingerprint density at radius 1 is 0.878 bits per heavy atom. The minimum atomic E-state index is -5.02. The molecule has 2 atom stereocenters. The van der Waals surface area contributed by atoms with Crippen molar-refractivity contribution in [3.63, 3.8) is 0 Å². The van der Waals surface area contributed by atoms with Crippen LogP contribution in [0, 0.1) is 0 Å². The minimum absolute atomic E-state index is 0.0149. The third-order valence-electron chi connectivity index (χ3n) is 7.66. The first-order chi connectivity index (χ1) is 23.3. The van der Waals surface area contributed by atoms with Crippen molar-refractivity contribution < 1.29 is 45.7 Å². The van der Waals surface area contributed by atoms with Crippen LogP contribution in [-0.4, -0.2) is 35.7 Å². The van der Waals surface area contributed by atoms with Gasteiger partial charge in [-0.05, 0) is 71.3 Å². The van der Waals surface area contributed by atoms with E-state index in [2.05, 4.69) is 26.8 Å². The summed E-state index contributed by atoms with van der Waals surface area (Å²) in [6, 6.07) is 24.0. The summed E-state index contributed by atoms with van der Waals surface area (Å²) in [6.45, 7) is -0.265. The summed E-state index contributed by atoms with van der Waals surface area (Å²) >= 11 is 3.40. The van der Waals surface area contributed by atoms with Gasteiger partial charge in [0.25, 0.3) is 5.91 Å². The Kier molecular flexibility index (Phi) is 11.0. The number of carbonyl (C=O) groups excluding carboxylic acids is 1. The number of carbonyl (C=O) groups is 1. The lowest BCUT2D eigenvalue weighted by Crippen LogP contribution is -2.53. The van der Waals surface area contributed by atoms with Crippen molar-refractivity contribution >= 4 is 27.7 Å². The number of hydrogen-bond donors (Lipinski definition) is 3. The van der Waals surface area contributed by atoms with E-state index in [-0.39, 0.29) is 30.6 Å². The van der Waals surface area contributed by atoms with E-state index in [0.717, 1.165) is 4.47 Å². The largest absolute Gasteiger partial charge is 0.494 e. The molecule has 1 heterocycles. The molecular weight excluding hydrogens is 720 g/mol. The van der Waals surface area contributed by atoms with Crippen molar-refractivity contribution in [1.29, 1.82) is 0 Å². The first-order valence-electron chi connectivity index (χ1n) is 15.0. The number of rotatable bonds is 12. The van der Waals surface area contributed by atoms with E-state index < -0.39 is 47.6 Å². The number of hydrazine groups is 1. The maximum Gasteiger partial charge on any atom is 0.416 e. The standard InChI is InChI=1S/C35H30BrF6N3O4/c36-28-11-7-22(8-12-28)20-33(32(47)45-43-21-23-17-26(34(37,38)39)19-27(18-23)35(40,41)42)30(24-5-2-1-3-6-24)49-31(44-33)25-9-13-29(14-10-25)48-16-4-15-46/h1-3,5-14,17-19,30,43,46H,4,15-16,20-21H2,(H,45,47)/t30-,33-/m0/s1. The molecule has 0 bridgehead atoms. The Bertz CT molecular complexity index is 1740. The Labute approximate surface area is 286 Å². The maximum absolute atomic E-state index is 14.3. The van der Waals surface area contributed by atoms with E-state index in [0.29, 0.717) is 47.6 Å². The molecule has 4 aromatic rings. The molecule has 1 aliphatic rings. The normalized spacial score (nSPS) is 17.7. The van der Waals surface area contributed by atoms with Crippen molar-refractivity contribution in [2.45, 2.75) is 43.4 Å². The zero-order chi connectivity index (χ0) is 35.2. The quantitative estimate of drug-likeness (QED) is 0.0790. The maximum atomic E-state index is 14.3. The molecule has 258 valence electrons. The van der Waals surface area contributed by atoms with Crippen LogP contribution in [0.3, 0.4) is 0 Å². The van der Waals surface area contributed by atoms with Gasteiger partial charge in [-0.1, -0.05) is 58.4 Å². The highest BCUT2D eigenvalue weighted by molar-refractivity contribution is 9.10. The summed E-state index contributed by atoms with van der Waals surface area (Å²) in [6.07, 6.45) is -10.6. The summed E-state index contributed by atoms with van der Waals surface area (Å²) in [5.74, 6) is -0.0521. The number of amides is 1. The van der Waals surface area contributed by atoms with Crippen molar-refractivity contribution in [1.82, 2.24) is 10.9 Å². The van der Waals surface area contributed by atoms with E-state index in [4.69, 9.17) is 19.6 Å². The molecule has 1 amide bonds. The SMILES string of the molecule is O=C(NNCc1cc(C(F)(F)F)cc(C(F)(F)F)c1)[C@@]1(Cc2ccc(Br)cc2)N=C(c2ccc(OCCCO)cc2)O[C@H]1c1ccccc1. The number of hydrogen-bond acceptors (Lipinski definition) is 6. The highest BCUT2D eigenvalue weighted by atomic mass is 79.9. The predicted molar refractivity (Wildman–Crippen MR) is 172 cm³/mol. The molecule has 5 rings (SSSR count). The average Bonchev–Trinajstić information content (AvgIpc) is 3.46. The molecule has 14 heteroatoms. The van der Waals surface area contributed by atoms with E-state index in [1.807, 2.05) is 0 Å². The molecule has 0 saturated heterocycles. The van der Waals surface area contributed by atoms with Crippen molar-refractivity contribution in [2.75, 3.05) is 13.2 Å². The summed E-state index contributed by atoms with van der Waals surface area (Å²) in [4.78, 5) is 19.1. The second-order valence-electron chi connectivity index (χ2n) is 11.2. The molecule has 0 saturated carbocycles. The van der Waals surface area contributed by atoms with Crippen LogP contribution in [-0.2, 0) is 34.8 Å². The summed E-state index contributed by atoms with van der Waals surface area (Å²) in [7, 11) is 0. The molecule has 3 N–H and O–H groups in total. The molecule has 7 nitrogen and oxygen atoms in total. The van der Waals surface area contributed by atoms with Crippen molar-refractivity contribution in [3.8, 4) is 5.75 Å². The highest BCUT2D eigenvalue weighted by Gasteiger charge is 2.53. The number of aliphatic hydroxyl groups excluding tert-OH is 1. The Morgan fingerprint density at radius 3 is 2.10 bits per heavy atom. The number of halogens is 7. The molecule has 49 heavy (non-hydrogen) atoms. The molecule has 0 unspecified atom stereocenters. The first-order valence-corrected chi connectivity index (χ1v) is 15.8. The van der Waals surface area contributed by atoms with Crippen LogP contribution >= 0.6 is 15.9 Å². The molecule has 1 aliphatic heterocycles. The van der Waals surface area contributed by atoms with Crippen LogP contribution in [0.25, 0.3) is 0 Å². The van der Waals surface area contributed by atoms with Gasteiger partial charge in [0.1, 0.15) is 5.75 Å². The summed E-state index contributed by atoms with van der Waals surface area (Å²) in [5, 5.41) is 9.02. The Balaban J connectivity index is 1.49. The van der Waals surface area contributed by atoms with Gasteiger partial charge in [0.15, 0.2) is 11.6 Å². The first kappa shape index (κ1) is 35.9. The average molecular weight is 751 g/mol. The van der Waals surface area contributed by atoms with Gasteiger partial charge in [-0.3, -0.25) is 10.2 Å². The lowest BCUT2D eigenvalue weighted by molar-refractivity contribution is -0.143. The number of nitrogens with zero attached hydrogens (tertiary/aromatic N) is 1. The van der Waals surface area contributed by atoms with Crippen molar-refractivity contribution in [3.05, 3.63) is 135 Å². The van der Waals surface area contributed by atoms with Gasteiger partial charge in [-0.15, -0.1) is 0 Å². The Hall–Kier alpha value is -4.40. The third kappa shape index (κ3) is 8.80. The van der Waals surface area contributed by atoms with Crippen molar-refractivity contribution in [2.24, 2.45) is 4.99 Å². The second kappa shape index (κ2) is 15.0. The topological polar surface area (TPSA) is 92.2 Å². The van der Waals surface area contributed by atoms with E-state index in [9.17, 15) is 31.1 Å². The fourth-order valence-electron chi connectivity index (χ4n) is 5.28. The Morgan fingerprint density at radius 2 is 1.51 bits per heavy atom. The van der Waals surface area contributed by atoms with Crippen LogP contribution < -0.4 is 15.6 Å². The van der Waals surface area contributed by atoms with E-state index in [1.54, 1.807) is 78.9 Å². The second-order valence-corrected chi connectivity index (χ2v) is 12.1. The van der Waals surface area contributed by atoms with Gasteiger partial charge in [-0.25, -0.2) is 10.4 Å². The van der Waals surface area contributed by atoms with E-state index >= 15 is 0 Å². The summed E-state index contributed by atoms with van der Waals surface area (Å²) < 4.78 is 93.5. The summed E-state index contributed by atoms with van der Waals surface area (Å²) in [5.41, 5.74) is 1.86. The number of aliphatic imine (C=N–C) groups is 1. The van der Waals surface area contributed by atoms with Gasteiger partial charge in [0.2, 0.25) is 5.90 Å². The van der Waals surface area contributed by atoms with Crippen LogP contribution in [0.15, 0.2) is 107 Å². The van der Waals surface area contributed by atoms with Gasteiger partial charge >= 0.3 is 12.4 Å². The van der Waals surface area contributed by atoms with Crippen LogP contribution in [0.5, 0.6) is 5.75 Å². The molecule has 4 aromatic carbocycles. The molecule has 0 aromatic heterocycles. The monoisotopic (exact) mass is 749 g/mol. The van der Waals surface area contributed by atoms with Gasteiger partial charge in [0.05, 0.1) is 17.7 Å². The number of alkyl halides is 6. The molecule has 0 spiro atoms. The van der Waals surface area contributed by atoms with Crippen LogP contribution in [0.4, 0.5) is 26.3 Å². The zero-order valence-electron chi connectivity index (χ0n) is 25.6. The van der Waals surface area contributed by atoms with Gasteiger partial charge in [0, 0.05) is 36.0 Å². The number of nitrogens with one attached hydrogen (secondary N) is 2. The van der Waals surface area contributed by atoms with Gasteiger partial charge < -0.3 is 14.6 Å². The van der Waals surface area contributed by atoms with Crippen LogP contribution in [0.2, 0.25) is 0 Å². The smallest absolute Gasteiger partial charge is 0.416 e. The predicted octanol–water partition coefficient (Wildman–Crippen LogP) is 7.57. The number of ether oxygens (including phenoxy) is 2. The lowest BCUT2D eigenvalue weighted by Gasteiger charge is -2.31. The minimum Gasteiger partial charge on any atom is -0.494 e. The van der Waals surface area contributed by atoms with E-state index in [1.165, 1.54) is 0 Å². The van der Waals surface area contributed by atoms with Crippen LogP contribution in [0.1, 0.15) is 45.9 Å². The molecule has 0 radical (unpaired) electrons. The highest BCUT2D eigenvalue weighted by Crippen LogP contribution is 2.43. The number of aliphatic hydroxyl groups is 1. The lowest BCUT2D eigenvalue weighted by atomic mass is 9.82. The third-order valence-corrected chi connectivity index (χ3v) is 8.19. The molecule has 0 aliphatic carbocycles. The number of benzene rings is 4. The molecule has 0 fully saturated rings. The fourth-order valence-corrected chi connectivity index (χ4v) is 5.54. The molecular formula is C35H30BrF6N3O4. The fraction of sp³-hybridized carbons (Fsp3) is 0.257. The van der Waals surface area contributed by atoms with Gasteiger partial charge in [-0.2, -0.15) is 26.3 Å². The zero-order valence-corrected chi connectivity index (χ0v) is 27.2.